The summed E-state index contributed by atoms with van der Waals surface area (Å²) in [5.74, 6) is -0.788. The maximum atomic E-state index is 12.8. The first-order valence-corrected chi connectivity index (χ1v) is 12.7. The highest BCUT2D eigenvalue weighted by atomic mass is 35.5. The summed E-state index contributed by atoms with van der Waals surface area (Å²) in [5, 5.41) is 15.5. The molecule has 1 saturated heterocycles. The second kappa shape index (κ2) is 10.5. The lowest BCUT2D eigenvalue weighted by Crippen LogP contribution is -2.24. The molecule has 37 heavy (non-hydrogen) atoms. The van der Waals surface area contributed by atoms with E-state index in [-0.39, 0.29) is 23.6 Å². The minimum atomic E-state index is -0.378. The zero-order valence-electron chi connectivity index (χ0n) is 19.8. The van der Waals surface area contributed by atoms with Gasteiger partial charge in [-0.15, -0.1) is 10.2 Å². The van der Waals surface area contributed by atoms with Crippen LogP contribution in [0.1, 0.15) is 43.6 Å². The molecule has 0 aliphatic carbocycles. The number of amides is 3. The molecule has 1 aromatic heterocycles. The molecule has 3 amide bonds. The van der Waals surface area contributed by atoms with Crippen LogP contribution in [0.2, 0.25) is 5.02 Å². The number of carbonyl (C=O) groups excluding carboxylic acids is 3. The quantitative estimate of drug-likeness (QED) is 0.340. The van der Waals surface area contributed by atoms with E-state index in [0.717, 1.165) is 11.3 Å². The Labute approximate surface area is 222 Å². The number of nitrogens with one attached hydrogen (secondary N) is 2. The van der Waals surface area contributed by atoms with Gasteiger partial charge in [0.05, 0.1) is 0 Å². The van der Waals surface area contributed by atoms with E-state index >= 15 is 0 Å². The third kappa shape index (κ3) is 5.52. The van der Waals surface area contributed by atoms with Gasteiger partial charge in [0.25, 0.3) is 11.8 Å². The first kappa shape index (κ1) is 24.6. The Hall–Kier alpha value is -4.08. The maximum absolute atomic E-state index is 12.8. The van der Waals surface area contributed by atoms with Gasteiger partial charge in [0, 0.05) is 46.4 Å². The van der Waals surface area contributed by atoms with E-state index in [2.05, 4.69) is 20.8 Å². The molecule has 4 aromatic rings. The third-order valence-corrected chi connectivity index (χ3v) is 7.43. The molecule has 1 atom stereocenters. The van der Waals surface area contributed by atoms with Crippen molar-refractivity contribution < 1.29 is 14.4 Å². The lowest BCUT2D eigenvalue weighted by molar-refractivity contribution is -0.117. The molecule has 8 nitrogen and oxygen atoms in total. The molecule has 2 N–H and O–H groups in total. The van der Waals surface area contributed by atoms with E-state index in [1.807, 2.05) is 25.1 Å². The van der Waals surface area contributed by atoms with Gasteiger partial charge in [-0.25, -0.2) is 0 Å². The second-order valence-corrected chi connectivity index (χ2v) is 10.1. The average molecular weight is 532 g/mol. The predicted molar refractivity (Wildman–Crippen MR) is 145 cm³/mol. The molecular formula is C27H22ClN5O3S. The van der Waals surface area contributed by atoms with E-state index in [1.165, 1.54) is 11.3 Å². The number of anilines is 3. The molecular weight excluding hydrogens is 510 g/mol. The molecule has 0 spiro atoms. The summed E-state index contributed by atoms with van der Waals surface area (Å²) in [7, 11) is 0. The van der Waals surface area contributed by atoms with Gasteiger partial charge in [-0.05, 0) is 55.0 Å². The van der Waals surface area contributed by atoms with Gasteiger partial charge in [0.15, 0.2) is 0 Å². The number of hydrogen-bond donors (Lipinski definition) is 2. The molecule has 186 valence electrons. The summed E-state index contributed by atoms with van der Waals surface area (Å²) in [6, 6.07) is 21.0. The van der Waals surface area contributed by atoms with Gasteiger partial charge in [-0.1, -0.05) is 53.3 Å². The third-order valence-electron chi connectivity index (χ3n) is 6.02. The van der Waals surface area contributed by atoms with Crippen molar-refractivity contribution in [2.24, 2.45) is 0 Å². The number of carbonyl (C=O) groups is 3. The Morgan fingerprint density at radius 1 is 0.946 bits per heavy atom. The maximum Gasteiger partial charge on any atom is 0.257 e. The first-order chi connectivity index (χ1) is 17.9. The fourth-order valence-electron chi connectivity index (χ4n) is 4.02. The lowest BCUT2D eigenvalue weighted by Gasteiger charge is -2.17. The highest BCUT2D eigenvalue weighted by molar-refractivity contribution is 7.15. The summed E-state index contributed by atoms with van der Waals surface area (Å²) in [4.78, 5) is 39.6. The number of rotatable bonds is 6. The summed E-state index contributed by atoms with van der Waals surface area (Å²) in [6.45, 7) is 2.37. The number of halogens is 1. The number of benzene rings is 3. The van der Waals surface area contributed by atoms with Crippen molar-refractivity contribution in [3.05, 3.63) is 99.5 Å². The summed E-state index contributed by atoms with van der Waals surface area (Å²) in [6.07, 6.45) is 0.303. The van der Waals surface area contributed by atoms with Crippen LogP contribution in [0.15, 0.2) is 72.8 Å². The normalized spacial score (nSPS) is 15.0. The van der Waals surface area contributed by atoms with Crippen molar-refractivity contribution in [3.8, 4) is 0 Å². The zero-order chi connectivity index (χ0) is 25.9. The van der Waals surface area contributed by atoms with Gasteiger partial charge < -0.3 is 10.2 Å². The SMILES string of the molecule is Cc1ccc(N2CC(c3nnc(NC(=O)c4cccc(NC(=O)c5ccccc5)c4)s3)CC2=O)cc1Cl. The number of hydrogen-bond acceptors (Lipinski definition) is 6. The van der Waals surface area contributed by atoms with Crippen LogP contribution in [0.5, 0.6) is 0 Å². The van der Waals surface area contributed by atoms with Crippen molar-refractivity contribution >= 4 is 57.2 Å². The van der Waals surface area contributed by atoms with Crippen molar-refractivity contribution in [3.63, 3.8) is 0 Å². The van der Waals surface area contributed by atoms with Crippen LogP contribution in [0.4, 0.5) is 16.5 Å². The fraction of sp³-hybridized carbons (Fsp3) is 0.148. The number of nitrogens with zero attached hydrogens (tertiary/aromatic N) is 3. The molecule has 3 aromatic carbocycles. The van der Waals surface area contributed by atoms with Crippen LogP contribution in [0.25, 0.3) is 0 Å². The summed E-state index contributed by atoms with van der Waals surface area (Å²) in [5.41, 5.74) is 3.08. The molecule has 0 radical (unpaired) electrons. The molecule has 1 unspecified atom stereocenters. The van der Waals surface area contributed by atoms with Crippen LogP contribution in [-0.2, 0) is 4.79 Å². The predicted octanol–water partition coefficient (Wildman–Crippen LogP) is 5.53. The molecule has 1 aliphatic rings. The highest BCUT2D eigenvalue weighted by Crippen LogP contribution is 2.35. The van der Waals surface area contributed by atoms with Crippen molar-refractivity contribution in [2.45, 2.75) is 19.3 Å². The number of aryl methyl sites for hydroxylation is 1. The van der Waals surface area contributed by atoms with Crippen LogP contribution < -0.4 is 15.5 Å². The fourth-order valence-corrected chi connectivity index (χ4v) is 5.03. The Morgan fingerprint density at radius 2 is 1.70 bits per heavy atom. The van der Waals surface area contributed by atoms with Crippen molar-refractivity contribution in [1.82, 2.24) is 10.2 Å². The van der Waals surface area contributed by atoms with Crippen LogP contribution >= 0.6 is 22.9 Å². The molecule has 10 heteroatoms. The van der Waals surface area contributed by atoms with E-state index in [9.17, 15) is 14.4 Å². The van der Waals surface area contributed by atoms with Gasteiger partial charge in [-0.2, -0.15) is 0 Å². The Balaban J connectivity index is 1.23. The van der Waals surface area contributed by atoms with Crippen LogP contribution in [0, 0.1) is 6.92 Å². The molecule has 0 bridgehead atoms. The topological polar surface area (TPSA) is 104 Å². The smallest absolute Gasteiger partial charge is 0.257 e. The van der Waals surface area contributed by atoms with Crippen molar-refractivity contribution in [1.29, 1.82) is 0 Å². The Kier molecular flexibility index (Phi) is 6.98. The first-order valence-electron chi connectivity index (χ1n) is 11.5. The molecule has 0 saturated carbocycles. The van der Waals surface area contributed by atoms with E-state index in [1.54, 1.807) is 59.5 Å². The summed E-state index contributed by atoms with van der Waals surface area (Å²) < 4.78 is 0. The monoisotopic (exact) mass is 531 g/mol. The Morgan fingerprint density at radius 3 is 2.49 bits per heavy atom. The minimum absolute atomic E-state index is 0.0138. The van der Waals surface area contributed by atoms with Gasteiger partial charge >= 0.3 is 0 Å². The molecule has 2 heterocycles. The molecule has 1 aliphatic heterocycles. The standard InChI is InChI=1S/C27H22ClN5O3S/c1-16-10-11-21(14-22(16)28)33-15-19(13-23(33)34)26-31-32-27(37-26)30-25(36)18-8-5-9-20(12-18)29-24(35)17-6-3-2-4-7-17/h2-12,14,19H,13,15H2,1H3,(H,29,35)(H,30,32,36). The largest absolute Gasteiger partial charge is 0.322 e. The van der Waals surface area contributed by atoms with Crippen LogP contribution in [0.3, 0.4) is 0 Å². The number of aromatic nitrogens is 2. The average Bonchev–Trinajstić information content (AvgIpc) is 3.53. The molecule has 5 rings (SSSR count). The van der Waals surface area contributed by atoms with E-state index in [0.29, 0.717) is 44.9 Å². The lowest BCUT2D eigenvalue weighted by atomic mass is 10.1. The Bertz CT molecular complexity index is 1490. The van der Waals surface area contributed by atoms with E-state index < -0.39 is 0 Å². The van der Waals surface area contributed by atoms with Gasteiger partial charge in [0.1, 0.15) is 5.01 Å². The minimum Gasteiger partial charge on any atom is -0.322 e. The van der Waals surface area contributed by atoms with Gasteiger partial charge in [0.2, 0.25) is 11.0 Å². The van der Waals surface area contributed by atoms with Crippen molar-refractivity contribution in [2.75, 3.05) is 22.1 Å². The van der Waals surface area contributed by atoms with Crippen LogP contribution in [-0.4, -0.2) is 34.5 Å². The second-order valence-electron chi connectivity index (χ2n) is 8.64. The van der Waals surface area contributed by atoms with E-state index in [4.69, 9.17) is 11.6 Å². The zero-order valence-corrected chi connectivity index (χ0v) is 21.3. The summed E-state index contributed by atoms with van der Waals surface area (Å²) >= 11 is 7.48. The van der Waals surface area contributed by atoms with Gasteiger partial charge in [-0.3, -0.25) is 19.7 Å². The molecule has 1 fully saturated rings. The highest BCUT2D eigenvalue weighted by Gasteiger charge is 2.34.